The molecule has 0 radical (unpaired) electrons. The van der Waals surface area contributed by atoms with Crippen molar-refractivity contribution in [3.63, 3.8) is 0 Å². The largest absolute Gasteiger partial charge is 0.355 e. The second-order valence-corrected chi connectivity index (χ2v) is 10.9. The van der Waals surface area contributed by atoms with Gasteiger partial charge in [0.25, 0.3) is 0 Å². The zero-order chi connectivity index (χ0) is 22.3. The van der Waals surface area contributed by atoms with Crippen molar-refractivity contribution in [2.24, 2.45) is 29.1 Å². The first-order chi connectivity index (χ1) is 15.4. The highest BCUT2D eigenvalue weighted by molar-refractivity contribution is 5.94. The number of anilines is 1. The van der Waals surface area contributed by atoms with Crippen molar-refractivity contribution < 1.29 is 14.4 Å². The molecular weight excluding hydrogens is 402 g/mol. The quantitative estimate of drug-likeness (QED) is 0.576. The van der Waals surface area contributed by atoms with Crippen LogP contribution in [-0.2, 0) is 14.4 Å². The van der Waals surface area contributed by atoms with Crippen LogP contribution in [0, 0.1) is 29.1 Å². The van der Waals surface area contributed by atoms with Gasteiger partial charge in [-0.2, -0.15) is 0 Å². The summed E-state index contributed by atoms with van der Waals surface area (Å²) in [5, 5.41) is 9.03. The summed E-state index contributed by atoms with van der Waals surface area (Å²) in [6.45, 7) is 2.34. The Bertz CT molecular complexity index is 855. The standard InChI is InChI=1S/C26H35N3O3/c1-16(20-4-6-22(7-5-20)29-24(31)21-2-3-21)28-23(30)8-9-27-25(32)26-13-17-10-18(14-26)12-19(11-17)15-26/h4-7,16-19,21H,2-3,8-15H2,1H3,(H,27,32)(H,28,30)(H,29,31). The van der Waals surface area contributed by atoms with E-state index in [1.807, 2.05) is 31.2 Å². The van der Waals surface area contributed by atoms with E-state index < -0.39 is 0 Å². The Hall–Kier alpha value is -2.37. The summed E-state index contributed by atoms with van der Waals surface area (Å²) < 4.78 is 0. The van der Waals surface area contributed by atoms with Gasteiger partial charge in [0.15, 0.2) is 0 Å². The second-order valence-electron chi connectivity index (χ2n) is 10.9. The number of rotatable bonds is 8. The minimum atomic E-state index is -0.158. The molecule has 4 bridgehead atoms. The van der Waals surface area contributed by atoms with Crippen LogP contribution in [0.1, 0.15) is 76.3 Å². The fourth-order valence-electron chi connectivity index (χ4n) is 6.71. The fraction of sp³-hybridized carbons (Fsp3) is 0.654. The SMILES string of the molecule is CC(NC(=O)CCNC(=O)C12CC3CC(CC(C3)C1)C2)c1ccc(NC(=O)C2CC2)cc1. The summed E-state index contributed by atoms with van der Waals surface area (Å²) in [5.74, 6) is 2.61. The highest BCUT2D eigenvalue weighted by Gasteiger charge is 2.54. The average molecular weight is 438 g/mol. The minimum Gasteiger partial charge on any atom is -0.355 e. The molecule has 5 aliphatic rings. The van der Waals surface area contributed by atoms with Crippen LogP contribution in [0.4, 0.5) is 5.69 Å². The Labute approximate surface area is 190 Å². The molecule has 6 rings (SSSR count). The average Bonchev–Trinajstić information content (AvgIpc) is 3.58. The van der Waals surface area contributed by atoms with E-state index in [9.17, 15) is 14.4 Å². The zero-order valence-electron chi connectivity index (χ0n) is 19.0. The Balaban J connectivity index is 1.06. The van der Waals surface area contributed by atoms with Crippen molar-refractivity contribution in [3.8, 4) is 0 Å². The number of nitrogens with one attached hydrogen (secondary N) is 3. The highest BCUT2D eigenvalue weighted by Crippen LogP contribution is 2.60. The number of benzene rings is 1. The van der Waals surface area contributed by atoms with Gasteiger partial charge in [-0.1, -0.05) is 12.1 Å². The normalized spacial score (nSPS) is 31.1. The second kappa shape index (κ2) is 8.53. The van der Waals surface area contributed by atoms with Crippen molar-refractivity contribution >= 4 is 23.4 Å². The maximum Gasteiger partial charge on any atom is 0.227 e. The van der Waals surface area contributed by atoms with Gasteiger partial charge in [0, 0.05) is 30.0 Å². The van der Waals surface area contributed by atoms with Gasteiger partial charge in [-0.05, 0) is 93.7 Å². The van der Waals surface area contributed by atoms with Crippen molar-refractivity contribution in [1.29, 1.82) is 0 Å². The van der Waals surface area contributed by atoms with E-state index in [-0.39, 0.29) is 41.5 Å². The maximum atomic E-state index is 13.0. The Morgan fingerprint density at radius 1 is 0.969 bits per heavy atom. The van der Waals surface area contributed by atoms with Crippen LogP contribution in [0.25, 0.3) is 0 Å². The smallest absolute Gasteiger partial charge is 0.227 e. The lowest BCUT2D eigenvalue weighted by molar-refractivity contribution is -0.146. The molecule has 0 aliphatic heterocycles. The first-order valence-corrected chi connectivity index (χ1v) is 12.4. The highest BCUT2D eigenvalue weighted by atomic mass is 16.2. The molecular formula is C26H35N3O3. The Morgan fingerprint density at radius 2 is 1.56 bits per heavy atom. The van der Waals surface area contributed by atoms with Gasteiger partial charge in [0.2, 0.25) is 17.7 Å². The van der Waals surface area contributed by atoms with Gasteiger partial charge in [-0.3, -0.25) is 14.4 Å². The van der Waals surface area contributed by atoms with Crippen molar-refractivity contribution in [1.82, 2.24) is 10.6 Å². The van der Waals surface area contributed by atoms with Crippen molar-refractivity contribution in [2.75, 3.05) is 11.9 Å². The lowest BCUT2D eigenvalue weighted by atomic mass is 9.49. The molecule has 5 saturated carbocycles. The van der Waals surface area contributed by atoms with Gasteiger partial charge >= 0.3 is 0 Å². The molecule has 1 atom stereocenters. The molecule has 3 amide bonds. The van der Waals surface area contributed by atoms with Crippen LogP contribution in [0.15, 0.2) is 24.3 Å². The third-order valence-corrected chi connectivity index (χ3v) is 8.16. The third-order valence-electron chi connectivity index (χ3n) is 8.16. The zero-order valence-corrected chi connectivity index (χ0v) is 19.0. The molecule has 5 aliphatic carbocycles. The first kappa shape index (κ1) is 21.5. The van der Waals surface area contributed by atoms with E-state index >= 15 is 0 Å². The van der Waals surface area contributed by atoms with E-state index in [4.69, 9.17) is 0 Å². The monoisotopic (exact) mass is 437 g/mol. The number of amides is 3. The molecule has 1 unspecified atom stereocenters. The van der Waals surface area contributed by atoms with Gasteiger partial charge < -0.3 is 16.0 Å². The van der Waals surface area contributed by atoms with E-state index in [0.29, 0.717) is 6.54 Å². The van der Waals surface area contributed by atoms with E-state index in [1.165, 1.54) is 19.3 Å². The van der Waals surface area contributed by atoms with Crippen LogP contribution < -0.4 is 16.0 Å². The van der Waals surface area contributed by atoms with Crippen molar-refractivity contribution in [3.05, 3.63) is 29.8 Å². The van der Waals surface area contributed by atoms with Gasteiger partial charge in [-0.25, -0.2) is 0 Å². The predicted octanol–water partition coefficient (Wildman–Crippen LogP) is 3.94. The molecule has 1 aromatic carbocycles. The van der Waals surface area contributed by atoms with Crippen LogP contribution in [0.5, 0.6) is 0 Å². The number of carbonyl (C=O) groups excluding carboxylic acids is 3. The van der Waals surface area contributed by atoms with Gasteiger partial charge in [-0.15, -0.1) is 0 Å². The van der Waals surface area contributed by atoms with E-state index in [0.717, 1.165) is 61.1 Å². The topological polar surface area (TPSA) is 87.3 Å². The van der Waals surface area contributed by atoms with Gasteiger partial charge in [0.05, 0.1) is 6.04 Å². The molecule has 6 heteroatoms. The molecule has 3 N–H and O–H groups in total. The fourth-order valence-corrected chi connectivity index (χ4v) is 6.71. The summed E-state index contributed by atoms with van der Waals surface area (Å²) in [6.07, 6.45) is 9.35. The molecule has 0 aromatic heterocycles. The lowest BCUT2D eigenvalue weighted by Crippen LogP contribution is -2.53. The summed E-state index contributed by atoms with van der Waals surface area (Å²) in [7, 11) is 0. The van der Waals surface area contributed by atoms with Crippen LogP contribution >= 0.6 is 0 Å². The Kier molecular flexibility index (Phi) is 5.72. The molecule has 0 heterocycles. The molecule has 5 fully saturated rings. The predicted molar refractivity (Wildman–Crippen MR) is 123 cm³/mol. The molecule has 6 nitrogen and oxygen atoms in total. The summed E-state index contributed by atoms with van der Waals surface area (Å²) in [6, 6.07) is 7.49. The molecule has 172 valence electrons. The molecule has 0 saturated heterocycles. The van der Waals surface area contributed by atoms with Crippen LogP contribution in [0.3, 0.4) is 0 Å². The minimum absolute atomic E-state index is 0.0607. The number of hydrogen-bond acceptors (Lipinski definition) is 3. The molecule has 32 heavy (non-hydrogen) atoms. The lowest BCUT2D eigenvalue weighted by Gasteiger charge is -2.55. The van der Waals surface area contributed by atoms with E-state index in [2.05, 4.69) is 16.0 Å². The number of carbonyl (C=O) groups is 3. The van der Waals surface area contributed by atoms with Crippen LogP contribution in [-0.4, -0.2) is 24.3 Å². The number of hydrogen-bond donors (Lipinski definition) is 3. The van der Waals surface area contributed by atoms with Crippen molar-refractivity contribution in [2.45, 2.75) is 70.8 Å². The Morgan fingerprint density at radius 3 is 2.12 bits per heavy atom. The molecule has 0 spiro atoms. The molecule has 1 aromatic rings. The maximum absolute atomic E-state index is 13.0. The van der Waals surface area contributed by atoms with E-state index in [1.54, 1.807) is 0 Å². The summed E-state index contributed by atoms with van der Waals surface area (Å²) in [5.41, 5.74) is 1.62. The van der Waals surface area contributed by atoms with Gasteiger partial charge in [0.1, 0.15) is 0 Å². The third kappa shape index (κ3) is 4.55. The summed E-state index contributed by atoms with van der Waals surface area (Å²) >= 11 is 0. The first-order valence-electron chi connectivity index (χ1n) is 12.4. The summed E-state index contributed by atoms with van der Waals surface area (Å²) in [4.78, 5) is 37.3. The van der Waals surface area contributed by atoms with Crippen LogP contribution in [0.2, 0.25) is 0 Å².